The van der Waals surface area contributed by atoms with Crippen LogP contribution in [0.1, 0.15) is 39.5 Å². The lowest BCUT2D eigenvalue weighted by Gasteiger charge is -2.09. The van der Waals surface area contributed by atoms with Gasteiger partial charge in [-0.05, 0) is 39.0 Å². The highest BCUT2D eigenvalue weighted by molar-refractivity contribution is 5.95. The first-order chi connectivity index (χ1) is 8.97. The zero-order valence-corrected chi connectivity index (χ0v) is 11.2. The molecule has 2 heterocycles. The number of aliphatic hydroxyl groups is 1. The molecular weight excluding hydrogens is 246 g/mol. The third-order valence-corrected chi connectivity index (χ3v) is 2.83. The van der Waals surface area contributed by atoms with E-state index in [1.54, 1.807) is 39.0 Å². The zero-order chi connectivity index (χ0) is 14.0. The molecule has 0 saturated carbocycles. The maximum Gasteiger partial charge on any atom is 0.254 e. The van der Waals surface area contributed by atoms with Crippen LogP contribution in [0, 0.1) is 20.8 Å². The van der Waals surface area contributed by atoms with Crippen molar-refractivity contribution in [2.75, 3.05) is 6.54 Å². The quantitative estimate of drug-likeness (QED) is 0.887. The Morgan fingerprint density at radius 1 is 1.26 bits per heavy atom. The number of furan rings is 2. The number of aliphatic hydroxyl groups excluding tert-OH is 1. The van der Waals surface area contributed by atoms with E-state index in [1.807, 2.05) is 0 Å². The molecule has 0 aliphatic rings. The lowest BCUT2D eigenvalue weighted by Crippen LogP contribution is -2.28. The van der Waals surface area contributed by atoms with Crippen molar-refractivity contribution in [3.05, 3.63) is 46.8 Å². The summed E-state index contributed by atoms with van der Waals surface area (Å²) in [4.78, 5) is 11.9. The van der Waals surface area contributed by atoms with Crippen LogP contribution < -0.4 is 5.32 Å². The number of nitrogens with one attached hydrogen (secondary N) is 1. The van der Waals surface area contributed by atoms with Gasteiger partial charge in [0.2, 0.25) is 0 Å². The van der Waals surface area contributed by atoms with Crippen LogP contribution in [-0.2, 0) is 0 Å². The SMILES string of the molecule is Cc1ccc([C@@H](O)CNC(=O)c2cc(C)oc2C)o1. The predicted molar refractivity (Wildman–Crippen MR) is 68.9 cm³/mol. The van der Waals surface area contributed by atoms with E-state index >= 15 is 0 Å². The second kappa shape index (κ2) is 5.32. The molecule has 5 nitrogen and oxygen atoms in total. The highest BCUT2D eigenvalue weighted by Gasteiger charge is 2.16. The zero-order valence-electron chi connectivity index (χ0n) is 11.2. The van der Waals surface area contributed by atoms with Gasteiger partial charge in [-0.25, -0.2) is 0 Å². The Balaban J connectivity index is 1.95. The molecule has 2 aromatic heterocycles. The third-order valence-electron chi connectivity index (χ3n) is 2.83. The van der Waals surface area contributed by atoms with E-state index in [0.717, 1.165) is 5.76 Å². The fraction of sp³-hybridized carbons (Fsp3) is 0.357. The Hall–Kier alpha value is -2.01. The number of hydrogen-bond acceptors (Lipinski definition) is 4. The van der Waals surface area contributed by atoms with Crippen molar-refractivity contribution < 1.29 is 18.7 Å². The van der Waals surface area contributed by atoms with Crippen molar-refractivity contribution in [2.45, 2.75) is 26.9 Å². The van der Waals surface area contributed by atoms with Crippen LogP contribution >= 0.6 is 0 Å². The summed E-state index contributed by atoms with van der Waals surface area (Å²) in [5.74, 6) is 2.15. The number of aryl methyl sites for hydroxylation is 3. The van der Waals surface area contributed by atoms with Gasteiger partial charge < -0.3 is 19.3 Å². The molecule has 0 saturated heterocycles. The second-order valence-electron chi connectivity index (χ2n) is 4.50. The molecule has 2 N–H and O–H groups in total. The van der Waals surface area contributed by atoms with Crippen LogP contribution in [0.2, 0.25) is 0 Å². The summed E-state index contributed by atoms with van der Waals surface area (Å²) in [5, 5.41) is 12.5. The first-order valence-electron chi connectivity index (χ1n) is 6.07. The molecule has 102 valence electrons. The molecule has 0 fully saturated rings. The van der Waals surface area contributed by atoms with E-state index < -0.39 is 6.10 Å². The number of amides is 1. The standard InChI is InChI=1S/C14H17NO4/c1-8-4-5-13(19-8)12(16)7-15-14(17)11-6-9(2)18-10(11)3/h4-6,12,16H,7H2,1-3H3,(H,15,17)/t12-/m0/s1. The molecule has 2 aromatic rings. The Morgan fingerprint density at radius 3 is 2.53 bits per heavy atom. The average Bonchev–Trinajstić information content (AvgIpc) is 2.92. The lowest BCUT2D eigenvalue weighted by atomic mass is 10.2. The fourth-order valence-electron chi connectivity index (χ4n) is 1.87. The summed E-state index contributed by atoms with van der Waals surface area (Å²) in [7, 11) is 0. The molecule has 5 heteroatoms. The summed E-state index contributed by atoms with van der Waals surface area (Å²) < 4.78 is 10.6. The minimum Gasteiger partial charge on any atom is -0.466 e. The molecular formula is C14H17NO4. The van der Waals surface area contributed by atoms with Gasteiger partial charge in [-0.1, -0.05) is 0 Å². The molecule has 19 heavy (non-hydrogen) atoms. The molecule has 1 atom stereocenters. The molecule has 0 aromatic carbocycles. The van der Waals surface area contributed by atoms with Crippen LogP contribution in [0.15, 0.2) is 27.0 Å². The van der Waals surface area contributed by atoms with Crippen molar-refractivity contribution >= 4 is 5.91 Å². The van der Waals surface area contributed by atoms with E-state index in [0.29, 0.717) is 22.8 Å². The van der Waals surface area contributed by atoms with Gasteiger partial charge in [0.05, 0.1) is 12.1 Å². The van der Waals surface area contributed by atoms with Gasteiger partial charge in [-0.3, -0.25) is 4.79 Å². The fourth-order valence-corrected chi connectivity index (χ4v) is 1.87. The molecule has 0 bridgehead atoms. The summed E-state index contributed by atoms with van der Waals surface area (Å²) in [6.45, 7) is 5.40. The van der Waals surface area contributed by atoms with Crippen LogP contribution in [0.3, 0.4) is 0 Å². The van der Waals surface area contributed by atoms with Crippen molar-refractivity contribution in [2.24, 2.45) is 0 Å². The molecule has 2 rings (SSSR count). The van der Waals surface area contributed by atoms with Crippen LogP contribution in [0.5, 0.6) is 0 Å². The Labute approximate surface area is 111 Å². The van der Waals surface area contributed by atoms with Crippen LogP contribution in [-0.4, -0.2) is 17.6 Å². The summed E-state index contributed by atoms with van der Waals surface area (Å²) in [6.07, 6.45) is -0.856. The van der Waals surface area contributed by atoms with E-state index in [1.165, 1.54) is 0 Å². The van der Waals surface area contributed by atoms with Crippen molar-refractivity contribution in [1.29, 1.82) is 0 Å². The van der Waals surface area contributed by atoms with E-state index in [2.05, 4.69) is 5.32 Å². The number of rotatable bonds is 4. The summed E-state index contributed by atoms with van der Waals surface area (Å²) >= 11 is 0. The molecule has 1 amide bonds. The highest BCUT2D eigenvalue weighted by atomic mass is 16.4. The van der Waals surface area contributed by atoms with Gasteiger partial charge in [0, 0.05) is 0 Å². The maximum absolute atomic E-state index is 11.9. The average molecular weight is 263 g/mol. The van der Waals surface area contributed by atoms with Gasteiger partial charge in [0.1, 0.15) is 29.1 Å². The lowest BCUT2D eigenvalue weighted by molar-refractivity contribution is 0.0899. The van der Waals surface area contributed by atoms with E-state index in [-0.39, 0.29) is 12.5 Å². The summed E-state index contributed by atoms with van der Waals surface area (Å²) in [5.41, 5.74) is 0.486. The Kier molecular flexibility index (Phi) is 3.76. The number of carbonyl (C=O) groups excluding carboxylic acids is 1. The van der Waals surface area contributed by atoms with Gasteiger partial charge >= 0.3 is 0 Å². The van der Waals surface area contributed by atoms with Crippen molar-refractivity contribution in [1.82, 2.24) is 5.32 Å². The minimum atomic E-state index is -0.856. The maximum atomic E-state index is 11.9. The van der Waals surface area contributed by atoms with Crippen LogP contribution in [0.4, 0.5) is 0 Å². The molecule has 0 unspecified atom stereocenters. The number of hydrogen-bond donors (Lipinski definition) is 2. The highest BCUT2D eigenvalue weighted by Crippen LogP contribution is 2.16. The molecule has 0 spiro atoms. The Bertz CT molecular complexity index is 582. The third kappa shape index (κ3) is 3.06. The number of carbonyl (C=O) groups is 1. The van der Waals surface area contributed by atoms with Gasteiger partial charge in [0.25, 0.3) is 5.91 Å². The van der Waals surface area contributed by atoms with Gasteiger partial charge in [0.15, 0.2) is 0 Å². The second-order valence-corrected chi connectivity index (χ2v) is 4.50. The first kappa shape index (κ1) is 13.4. The van der Waals surface area contributed by atoms with Crippen molar-refractivity contribution in [3.63, 3.8) is 0 Å². The topological polar surface area (TPSA) is 75.6 Å². The largest absolute Gasteiger partial charge is 0.466 e. The molecule has 0 radical (unpaired) electrons. The molecule has 0 aliphatic carbocycles. The van der Waals surface area contributed by atoms with E-state index in [4.69, 9.17) is 8.83 Å². The van der Waals surface area contributed by atoms with Gasteiger partial charge in [-0.15, -0.1) is 0 Å². The summed E-state index contributed by atoms with van der Waals surface area (Å²) in [6, 6.07) is 5.14. The van der Waals surface area contributed by atoms with Gasteiger partial charge in [-0.2, -0.15) is 0 Å². The normalized spacial score (nSPS) is 12.4. The smallest absolute Gasteiger partial charge is 0.254 e. The van der Waals surface area contributed by atoms with Crippen molar-refractivity contribution in [3.8, 4) is 0 Å². The van der Waals surface area contributed by atoms with Crippen LogP contribution in [0.25, 0.3) is 0 Å². The predicted octanol–water partition coefficient (Wildman–Crippen LogP) is 2.26. The monoisotopic (exact) mass is 263 g/mol. The first-order valence-corrected chi connectivity index (χ1v) is 6.07. The van der Waals surface area contributed by atoms with E-state index in [9.17, 15) is 9.90 Å². The Morgan fingerprint density at radius 2 is 2.00 bits per heavy atom. The molecule has 0 aliphatic heterocycles. The minimum absolute atomic E-state index is 0.0927.